The Bertz CT molecular complexity index is 404. The first-order valence-electron chi connectivity index (χ1n) is 5.96. The van der Waals surface area contributed by atoms with Gasteiger partial charge < -0.3 is 15.2 Å². The van der Waals surface area contributed by atoms with Crippen LogP contribution < -0.4 is 5.73 Å². The van der Waals surface area contributed by atoms with Gasteiger partial charge in [0.25, 0.3) is 5.91 Å². The van der Waals surface area contributed by atoms with Gasteiger partial charge in [0.05, 0.1) is 5.69 Å². The number of aryl methyl sites for hydroxylation is 2. The Labute approximate surface area is 101 Å². The molecule has 1 atom stereocenters. The molecule has 0 bridgehead atoms. The minimum absolute atomic E-state index is 0.0383. The number of carbonyl (C=O) groups is 1. The van der Waals surface area contributed by atoms with E-state index >= 15 is 0 Å². The van der Waals surface area contributed by atoms with Crippen LogP contribution in [-0.2, 0) is 0 Å². The zero-order valence-corrected chi connectivity index (χ0v) is 10.6. The summed E-state index contributed by atoms with van der Waals surface area (Å²) < 4.78 is 5.03. The summed E-state index contributed by atoms with van der Waals surface area (Å²) in [6.07, 6.45) is 2.34. The summed E-state index contributed by atoms with van der Waals surface area (Å²) >= 11 is 0. The van der Waals surface area contributed by atoms with E-state index in [0.29, 0.717) is 29.5 Å². The van der Waals surface area contributed by atoms with Gasteiger partial charge in [-0.25, -0.2) is 0 Å². The van der Waals surface area contributed by atoms with Crippen LogP contribution in [0.3, 0.4) is 0 Å². The van der Waals surface area contributed by atoms with Crippen LogP contribution in [0.4, 0.5) is 0 Å². The highest BCUT2D eigenvalue weighted by molar-refractivity contribution is 5.96. The van der Waals surface area contributed by atoms with Crippen molar-refractivity contribution < 1.29 is 9.32 Å². The number of amides is 1. The molecule has 1 saturated carbocycles. The average molecular weight is 237 g/mol. The second-order valence-electron chi connectivity index (χ2n) is 4.76. The molecular weight excluding hydrogens is 218 g/mol. The number of nitrogens with zero attached hydrogens (tertiary/aromatic N) is 2. The van der Waals surface area contributed by atoms with Crippen molar-refractivity contribution in [1.82, 2.24) is 10.1 Å². The van der Waals surface area contributed by atoms with E-state index < -0.39 is 0 Å². The highest BCUT2D eigenvalue weighted by Gasteiger charge is 2.36. The lowest BCUT2D eigenvalue weighted by molar-refractivity contribution is 0.0716. The fourth-order valence-electron chi connectivity index (χ4n) is 2.26. The summed E-state index contributed by atoms with van der Waals surface area (Å²) in [6, 6.07) is 0.135. The van der Waals surface area contributed by atoms with Crippen LogP contribution in [0.25, 0.3) is 0 Å². The molecule has 1 fully saturated rings. The SMILES string of the molecule is Cc1noc(C)c1C(=O)N(C)C(CN)C1CC1. The molecule has 1 aromatic heterocycles. The zero-order valence-electron chi connectivity index (χ0n) is 10.6. The maximum Gasteiger partial charge on any atom is 0.259 e. The normalized spacial score (nSPS) is 16.9. The lowest BCUT2D eigenvalue weighted by Crippen LogP contribution is -2.43. The summed E-state index contributed by atoms with van der Waals surface area (Å²) in [5, 5.41) is 3.81. The molecule has 2 N–H and O–H groups in total. The van der Waals surface area contributed by atoms with Crippen molar-refractivity contribution in [3.05, 3.63) is 17.0 Å². The van der Waals surface area contributed by atoms with Crippen LogP contribution >= 0.6 is 0 Å². The Hall–Kier alpha value is -1.36. The fraction of sp³-hybridized carbons (Fsp3) is 0.667. The molecule has 0 aliphatic heterocycles. The number of hydrogen-bond acceptors (Lipinski definition) is 4. The summed E-state index contributed by atoms with van der Waals surface area (Å²) in [7, 11) is 1.81. The molecule has 1 aromatic rings. The largest absolute Gasteiger partial charge is 0.361 e. The molecule has 1 heterocycles. The van der Waals surface area contributed by atoms with Crippen LogP contribution in [0.1, 0.15) is 34.7 Å². The van der Waals surface area contributed by atoms with E-state index in [4.69, 9.17) is 10.3 Å². The first-order valence-corrected chi connectivity index (χ1v) is 5.96. The molecule has 5 nitrogen and oxygen atoms in total. The monoisotopic (exact) mass is 237 g/mol. The molecule has 94 valence electrons. The van der Waals surface area contributed by atoms with Crippen LogP contribution in [0, 0.1) is 19.8 Å². The number of carbonyl (C=O) groups excluding carboxylic acids is 1. The van der Waals surface area contributed by atoms with Crippen molar-refractivity contribution in [3.8, 4) is 0 Å². The number of nitrogens with two attached hydrogens (primary N) is 1. The topological polar surface area (TPSA) is 72.4 Å². The van der Waals surface area contributed by atoms with Gasteiger partial charge in [0.1, 0.15) is 11.3 Å². The molecule has 0 radical (unpaired) electrons. The molecule has 0 spiro atoms. The molecule has 1 unspecified atom stereocenters. The molecule has 0 aromatic carbocycles. The third-order valence-corrected chi connectivity index (χ3v) is 3.47. The standard InChI is InChI=1S/C12H19N3O2/c1-7-11(8(2)17-14-7)12(16)15(3)10(6-13)9-4-5-9/h9-10H,4-6,13H2,1-3H3. The minimum atomic E-state index is -0.0383. The number of likely N-dealkylation sites (N-methyl/N-ethyl adjacent to an activating group) is 1. The Morgan fingerprint density at radius 1 is 1.59 bits per heavy atom. The van der Waals surface area contributed by atoms with Crippen molar-refractivity contribution in [2.45, 2.75) is 32.7 Å². The molecule has 17 heavy (non-hydrogen) atoms. The fourth-order valence-corrected chi connectivity index (χ4v) is 2.26. The molecule has 5 heteroatoms. The quantitative estimate of drug-likeness (QED) is 0.851. The molecular formula is C12H19N3O2. The summed E-state index contributed by atoms with van der Waals surface area (Å²) in [4.78, 5) is 14.1. The minimum Gasteiger partial charge on any atom is -0.361 e. The predicted molar refractivity (Wildman–Crippen MR) is 63.6 cm³/mol. The Balaban J connectivity index is 2.19. The van der Waals surface area contributed by atoms with Gasteiger partial charge in [0, 0.05) is 19.6 Å². The molecule has 1 aliphatic carbocycles. The van der Waals surface area contributed by atoms with Crippen LogP contribution in [0.2, 0.25) is 0 Å². The van der Waals surface area contributed by atoms with Gasteiger partial charge in [-0.15, -0.1) is 0 Å². The molecule has 1 amide bonds. The van der Waals surface area contributed by atoms with Crippen LogP contribution in [-0.4, -0.2) is 35.6 Å². The highest BCUT2D eigenvalue weighted by atomic mass is 16.5. The summed E-state index contributed by atoms with van der Waals surface area (Å²) in [5.74, 6) is 1.10. The Morgan fingerprint density at radius 3 is 2.65 bits per heavy atom. The molecule has 1 aliphatic rings. The van der Waals surface area contributed by atoms with Gasteiger partial charge in [-0.3, -0.25) is 4.79 Å². The second kappa shape index (κ2) is 4.49. The van der Waals surface area contributed by atoms with Gasteiger partial charge in [-0.05, 0) is 32.6 Å². The first kappa shape index (κ1) is 12.1. The number of aromatic nitrogens is 1. The van der Waals surface area contributed by atoms with Gasteiger partial charge in [0.2, 0.25) is 0 Å². The lowest BCUT2D eigenvalue weighted by Gasteiger charge is -2.27. The molecule has 0 saturated heterocycles. The van der Waals surface area contributed by atoms with E-state index in [1.54, 1.807) is 18.7 Å². The maximum absolute atomic E-state index is 12.4. The highest BCUT2D eigenvalue weighted by Crippen LogP contribution is 2.35. The Kier molecular flexibility index (Phi) is 3.19. The number of rotatable bonds is 4. The predicted octanol–water partition coefficient (Wildman–Crippen LogP) is 1.10. The van der Waals surface area contributed by atoms with E-state index in [1.165, 1.54) is 12.8 Å². The van der Waals surface area contributed by atoms with Crippen LogP contribution in [0.15, 0.2) is 4.52 Å². The van der Waals surface area contributed by atoms with E-state index in [0.717, 1.165) is 0 Å². The third-order valence-electron chi connectivity index (χ3n) is 3.47. The number of hydrogen-bond donors (Lipinski definition) is 1. The van der Waals surface area contributed by atoms with Gasteiger partial charge in [-0.1, -0.05) is 5.16 Å². The first-order chi connectivity index (χ1) is 8.06. The molecule has 2 rings (SSSR count). The smallest absolute Gasteiger partial charge is 0.259 e. The van der Waals surface area contributed by atoms with Crippen molar-refractivity contribution in [2.24, 2.45) is 11.7 Å². The maximum atomic E-state index is 12.4. The van der Waals surface area contributed by atoms with Gasteiger partial charge >= 0.3 is 0 Å². The second-order valence-corrected chi connectivity index (χ2v) is 4.76. The van der Waals surface area contributed by atoms with E-state index in [9.17, 15) is 4.79 Å². The van der Waals surface area contributed by atoms with Crippen molar-refractivity contribution in [3.63, 3.8) is 0 Å². The van der Waals surface area contributed by atoms with Crippen molar-refractivity contribution >= 4 is 5.91 Å². The summed E-state index contributed by atoms with van der Waals surface area (Å²) in [6.45, 7) is 4.05. The van der Waals surface area contributed by atoms with Gasteiger partial charge in [-0.2, -0.15) is 0 Å². The van der Waals surface area contributed by atoms with Crippen molar-refractivity contribution in [2.75, 3.05) is 13.6 Å². The zero-order chi connectivity index (χ0) is 12.6. The summed E-state index contributed by atoms with van der Waals surface area (Å²) in [5.41, 5.74) is 6.97. The van der Waals surface area contributed by atoms with Gasteiger partial charge in [0.15, 0.2) is 0 Å². The van der Waals surface area contributed by atoms with Crippen LogP contribution in [0.5, 0.6) is 0 Å². The van der Waals surface area contributed by atoms with E-state index in [-0.39, 0.29) is 11.9 Å². The third kappa shape index (κ3) is 2.20. The average Bonchev–Trinajstić information content (AvgIpc) is 3.06. The van der Waals surface area contributed by atoms with E-state index in [1.807, 2.05) is 7.05 Å². The Morgan fingerprint density at radius 2 is 2.24 bits per heavy atom. The van der Waals surface area contributed by atoms with E-state index in [2.05, 4.69) is 5.16 Å². The van der Waals surface area contributed by atoms with Crippen molar-refractivity contribution in [1.29, 1.82) is 0 Å². The lowest BCUT2D eigenvalue weighted by atomic mass is 10.1.